The molecule has 2 rings (SSSR count). The molecule has 0 saturated heterocycles. The monoisotopic (exact) mass is 225 g/mol. The van der Waals surface area contributed by atoms with Crippen LogP contribution in [0.3, 0.4) is 0 Å². The van der Waals surface area contributed by atoms with Crippen LogP contribution in [0, 0.1) is 0 Å². The number of benzene rings is 1. The average Bonchev–Trinajstić information content (AvgIpc) is 2.68. The van der Waals surface area contributed by atoms with E-state index in [1.807, 2.05) is 37.4 Å². The Kier molecular flexibility index (Phi) is 4.27. The molecule has 5 heteroatoms. The quantitative estimate of drug-likeness (QED) is 0.867. The summed E-state index contributed by atoms with van der Waals surface area (Å²) in [6.07, 6.45) is 0. The predicted octanol–water partition coefficient (Wildman–Crippen LogP) is 1.88. The third-order valence-electron chi connectivity index (χ3n) is 1.83. The third kappa shape index (κ3) is 2.78. The Morgan fingerprint density at radius 2 is 2.00 bits per heavy atom. The van der Waals surface area contributed by atoms with Crippen LogP contribution in [0.4, 0.5) is 0 Å². The van der Waals surface area contributed by atoms with Gasteiger partial charge >= 0.3 is 0 Å². The van der Waals surface area contributed by atoms with Gasteiger partial charge in [0, 0.05) is 5.56 Å². The molecular weight excluding hydrogens is 214 g/mol. The van der Waals surface area contributed by atoms with Gasteiger partial charge < -0.3 is 9.84 Å². The summed E-state index contributed by atoms with van der Waals surface area (Å²) >= 11 is 0. The SMILES string of the molecule is CNCc1nc(-c2ccccc2)no1.Cl. The lowest BCUT2D eigenvalue weighted by molar-refractivity contribution is 0.372. The molecule has 0 fully saturated rings. The molecule has 1 heterocycles. The molecule has 0 bridgehead atoms. The van der Waals surface area contributed by atoms with Gasteiger partial charge in [0.15, 0.2) is 0 Å². The molecule has 0 amide bonds. The molecule has 1 aromatic heterocycles. The second-order valence-corrected chi connectivity index (χ2v) is 2.91. The zero-order valence-electron chi connectivity index (χ0n) is 8.30. The van der Waals surface area contributed by atoms with Crippen LogP contribution in [0.5, 0.6) is 0 Å². The first-order chi connectivity index (χ1) is 6.90. The molecule has 0 aliphatic carbocycles. The fourth-order valence-corrected chi connectivity index (χ4v) is 1.18. The summed E-state index contributed by atoms with van der Waals surface area (Å²) in [5, 5.41) is 6.83. The summed E-state index contributed by atoms with van der Waals surface area (Å²) < 4.78 is 5.04. The number of nitrogens with zero attached hydrogens (tertiary/aromatic N) is 2. The van der Waals surface area contributed by atoms with Crippen molar-refractivity contribution < 1.29 is 4.52 Å². The first kappa shape index (κ1) is 11.7. The van der Waals surface area contributed by atoms with Crippen LogP contribution in [-0.4, -0.2) is 17.2 Å². The number of aromatic nitrogens is 2. The zero-order chi connectivity index (χ0) is 9.80. The molecule has 0 saturated carbocycles. The Hall–Kier alpha value is -1.39. The van der Waals surface area contributed by atoms with Crippen LogP contribution >= 0.6 is 12.4 Å². The number of hydrogen-bond acceptors (Lipinski definition) is 4. The van der Waals surface area contributed by atoms with Gasteiger partial charge in [0.05, 0.1) is 6.54 Å². The minimum atomic E-state index is 0. The van der Waals surface area contributed by atoms with E-state index < -0.39 is 0 Å². The van der Waals surface area contributed by atoms with Crippen LogP contribution in [0.15, 0.2) is 34.9 Å². The molecule has 2 aromatic rings. The fourth-order valence-electron chi connectivity index (χ4n) is 1.18. The van der Waals surface area contributed by atoms with Crippen LogP contribution in [-0.2, 0) is 6.54 Å². The maximum atomic E-state index is 5.04. The Morgan fingerprint density at radius 3 is 2.67 bits per heavy atom. The number of nitrogens with one attached hydrogen (secondary N) is 1. The largest absolute Gasteiger partial charge is 0.338 e. The van der Waals surface area contributed by atoms with Crippen molar-refractivity contribution in [1.29, 1.82) is 0 Å². The minimum Gasteiger partial charge on any atom is -0.338 e. The lowest BCUT2D eigenvalue weighted by atomic mass is 10.2. The molecule has 4 nitrogen and oxygen atoms in total. The van der Waals surface area contributed by atoms with Gasteiger partial charge in [-0.15, -0.1) is 12.4 Å². The Morgan fingerprint density at radius 1 is 1.27 bits per heavy atom. The maximum absolute atomic E-state index is 5.04. The van der Waals surface area contributed by atoms with Gasteiger partial charge in [-0.3, -0.25) is 0 Å². The number of halogens is 1. The lowest BCUT2D eigenvalue weighted by Gasteiger charge is -1.90. The lowest BCUT2D eigenvalue weighted by Crippen LogP contribution is -2.04. The van der Waals surface area contributed by atoms with Gasteiger partial charge in [-0.05, 0) is 7.05 Å². The Labute approximate surface area is 94.1 Å². The first-order valence-electron chi connectivity index (χ1n) is 4.43. The highest BCUT2D eigenvalue weighted by atomic mass is 35.5. The van der Waals surface area contributed by atoms with Crippen molar-refractivity contribution in [2.24, 2.45) is 0 Å². The highest BCUT2D eigenvalue weighted by Gasteiger charge is 2.06. The highest BCUT2D eigenvalue weighted by molar-refractivity contribution is 5.85. The number of hydrogen-bond donors (Lipinski definition) is 1. The summed E-state index contributed by atoms with van der Waals surface area (Å²) in [4.78, 5) is 4.23. The molecule has 1 N–H and O–H groups in total. The van der Waals surface area contributed by atoms with Crippen LogP contribution < -0.4 is 5.32 Å². The van der Waals surface area contributed by atoms with E-state index in [4.69, 9.17) is 4.52 Å². The van der Waals surface area contributed by atoms with Gasteiger partial charge in [-0.25, -0.2) is 0 Å². The van der Waals surface area contributed by atoms with E-state index >= 15 is 0 Å². The summed E-state index contributed by atoms with van der Waals surface area (Å²) in [7, 11) is 1.84. The normalized spacial score (nSPS) is 9.67. The molecule has 1 aromatic carbocycles. The molecule has 0 spiro atoms. The highest BCUT2D eigenvalue weighted by Crippen LogP contribution is 2.14. The second-order valence-electron chi connectivity index (χ2n) is 2.91. The molecule has 80 valence electrons. The van der Waals surface area contributed by atoms with E-state index in [1.54, 1.807) is 0 Å². The average molecular weight is 226 g/mol. The summed E-state index contributed by atoms with van der Waals surface area (Å²) in [5.41, 5.74) is 0.971. The van der Waals surface area contributed by atoms with Crippen LogP contribution in [0.25, 0.3) is 11.4 Å². The predicted molar refractivity (Wildman–Crippen MR) is 59.7 cm³/mol. The summed E-state index contributed by atoms with van der Waals surface area (Å²) in [5.74, 6) is 1.24. The van der Waals surface area contributed by atoms with E-state index in [-0.39, 0.29) is 12.4 Å². The second kappa shape index (κ2) is 5.48. The molecule has 0 unspecified atom stereocenters. The van der Waals surface area contributed by atoms with Gasteiger partial charge in [0.1, 0.15) is 0 Å². The van der Waals surface area contributed by atoms with Gasteiger partial charge in [0.2, 0.25) is 11.7 Å². The summed E-state index contributed by atoms with van der Waals surface area (Å²) in [6, 6.07) is 9.76. The van der Waals surface area contributed by atoms with Crippen molar-refractivity contribution in [3.63, 3.8) is 0 Å². The van der Waals surface area contributed by atoms with Gasteiger partial charge in [0.25, 0.3) is 0 Å². The van der Waals surface area contributed by atoms with Crippen LogP contribution in [0.2, 0.25) is 0 Å². The summed E-state index contributed by atoms with van der Waals surface area (Å²) in [6.45, 7) is 0.597. The number of rotatable bonds is 3. The molecule has 0 radical (unpaired) electrons. The molecule has 15 heavy (non-hydrogen) atoms. The third-order valence-corrected chi connectivity index (χ3v) is 1.83. The van der Waals surface area contributed by atoms with E-state index in [1.165, 1.54) is 0 Å². The van der Waals surface area contributed by atoms with Crippen LogP contribution in [0.1, 0.15) is 5.89 Å². The van der Waals surface area contributed by atoms with E-state index in [9.17, 15) is 0 Å². The van der Waals surface area contributed by atoms with Crippen molar-refractivity contribution in [3.05, 3.63) is 36.2 Å². The molecule has 0 aliphatic rings. The topological polar surface area (TPSA) is 51.0 Å². The minimum absolute atomic E-state index is 0. The molecule has 0 aliphatic heterocycles. The van der Waals surface area contributed by atoms with Crippen molar-refractivity contribution >= 4 is 12.4 Å². The molecular formula is C10H12ClN3O. The van der Waals surface area contributed by atoms with E-state index in [0.29, 0.717) is 18.3 Å². The van der Waals surface area contributed by atoms with Gasteiger partial charge in [-0.2, -0.15) is 4.98 Å². The first-order valence-corrected chi connectivity index (χ1v) is 4.43. The van der Waals surface area contributed by atoms with Crippen molar-refractivity contribution in [2.45, 2.75) is 6.54 Å². The maximum Gasteiger partial charge on any atom is 0.240 e. The van der Waals surface area contributed by atoms with E-state index in [2.05, 4.69) is 15.5 Å². The standard InChI is InChI=1S/C10H11N3O.ClH/c1-11-7-9-12-10(13-14-9)8-5-3-2-4-6-8;/h2-6,11H,7H2,1H3;1H. The Balaban J connectivity index is 0.00000112. The Bertz CT molecular complexity index is 402. The van der Waals surface area contributed by atoms with Crippen molar-refractivity contribution in [1.82, 2.24) is 15.5 Å². The molecule has 0 atom stereocenters. The zero-order valence-corrected chi connectivity index (χ0v) is 9.12. The fraction of sp³-hybridized carbons (Fsp3) is 0.200. The van der Waals surface area contributed by atoms with E-state index in [0.717, 1.165) is 5.56 Å². The van der Waals surface area contributed by atoms with Crippen molar-refractivity contribution in [2.75, 3.05) is 7.05 Å². The van der Waals surface area contributed by atoms with Crippen molar-refractivity contribution in [3.8, 4) is 11.4 Å². The smallest absolute Gasteiger partial charge is 0.240 e. The van der Waals surface area contributed by atoms with Gasteiger partial charge in [-0.1, -0.05) is 35.5 Å².